The Morgan fingerprint density at radius 1 is 1.33 bits per heavy atom. The number of nitrogens with one attached hydrogen (secondary N) is 1. The van der Waals surface area contributed by atoms with Gasteiger partial charge in [-0.1, -0.05) is 18.2 Å². The van der Waals surface area contributed by atoms with Crippen molar-refractivity contribution in [1.29, 1.82) is 0 Å². The van der Waals surface area contributed by atoms with Gasteiger partial charge in [-0.3, -0.25) is 4.21 Å². The van der Waals surface area contributed by atoms with Crippen LogP contribution in [-0.2, 0) is 20.8 Å². The summed E-state index contributed by atoms with van der Waals surface area (Å²) in [5.41, 5.74) is 0. The topological polar surface area (TPSA) is 66.5 Å². The highest BCUT2D eigenvalue weighted by Crippen LogP contribution is 2.12. The number of hydrogen-bond acceptors (Lipinski definition) is 4. The van der Waals surface area contributed by atoms with Crippen molar-refractivity contribution in [2.24, 2.45) is 0 Å². The molecule has 1 heterocycles. The van der Waals surface area contributed by atoms with Gasteiger partial charge in [0.25, 0.3) is 0 Å². The van der Waals surface area contributed by atoms with E-state index in [2.05, 4.69) is 9.62 Å². The molecule has 0 aromatic heterocycles. The standard InChI is InChI=1S/C14H22N2O3S2/c1-21(18,19)15-13-6-5-9-16(12-13)10-11-20(17)14-7-3-2-4-8-14/h2-4,7-8,13,15H,5-6,9-12H2,1H3/t13-,20-/m0/s1. The summed E-state index contributed by atoms with van der Waals surface area (Å²) in [5.74, 6) is 0.579. The van der Waals surface area contributed by atoms with E-state index in [1.165, 1.54) is 6.26 Å². The second-order valence-electron chi connectivity index (χ2n) is 5.39. The third-order valence-corrected chi connectivity index (χ3v) is 5.60. The Hall–Kier alpha value is -0.760. The first-order chi connectivity index (χ1) is 9.94. The summed E-state index contributed by atoms with van der Waals surface area (Å²) in [6, 6.07) is 9.41. The van der Waals surface area contributed by atoms with Crippen LogP contribution in [0.15, 0.2) is 35.2 Å². The highest BCUT2D eigenvalue weighted by atomic mass is 32.2. The maximum absolute atomic E-state index is 12.2. The van der Waals surface area contributed by atoms with Gasteiger partial charge in [-0.15, -0.1) is 0 Å². The van der Waals surface area contributed by atoms with E-state index in [4.69, 9.17) is 0 Å². The van der Waals surface area contributed by atoms with E-state index < -0.39 is 20.8 Å². The number of piperidine rings is 1. The fourth-order valence-corrected chi connectivity index (χ4v) is 4.48. The van der Waals surface area contributed by atoms with Crippen molar-refractivity contribution in [2.75, 3.05) is 31.6 Å². The summed E-state index contributed by atoms with van der Waals surface area (Å²) < 4.78 is 37.4. The molecule has 21 heavy (non-hydrogen) atoms. The minimum atomic E-state index is -3.16. The van der Waals surface area contributed by atoms with Crippen LogP contribution in [0, 0.1) is 0 Å². The fourth-order valence-electron chi connectivity index (χ4n) is 2.56. The second-order valence-corrected chi connectivity index (χ2v) is 8.74. The molecule has 0 aliphatic carbocycles. The highest BCUT2D eigenvalue weighted by Gasteiger charge is 2.22. The smallest absolute Gasteiger partial charge is 0.208 e. The summed E-state index contributed by atoms with van der Waals surface area (Å²) in [4.78, 5) is 3.04. The van der Waals surface area contributed by atoms with E-state index in [1.807, 2.05) is 30.3 Å². The number of nitrogens with zero attached hydrogens (tertiary/aromatic N) is 1. The molecule has 0 amide bonds. The summed E-state index contributed by atoms with van der Waals surface area (Å²) in [6.07, 6.45) is 3.02. The largest absolute Gasteiger partial charge is 0.301 e. The SMILES string of the molecule is CS(=O)(=O)N[C@H]1CCCN(CC[S@](=O)c2ccccc2)C1. The van der Waals surface area contributed by atoms with Crippen LogP contribution in [0.2, 0.25) is 0 Å². The van der Waals surface area contributed by atoms with Crippen molar-refractivity contribution >= 4 is 20.8 Å². The van der Waals surface area contributed by atoms with Crippen LogP contribution in [0.3, 0.4) is 0 Å². The molecule has 118 valence electrons. The molecule has 1 N–H and O–H groups in total. The van der Waals surface area contributed by atoms with E-state index in [-0.39, 0.29) is 6.04 Å². The van der Waals surface area contributed by atoms with Crippen molar-refractivity contribution in [2.45, 2.75) is 23.8 Å². The van der Waals surface area contributed by atoms with Crippen molar-refractivity contribution in [3.05, 3.63) is 30.3 Å². The third kappa shape index (κ3) is 5.86. The first-order valence-electron chi connectivity index (χ1n) is 7.07. The molecule has 1 aromatic carbocycles. The van der Waals surface area contributed by atoms with Crippen molar-refractivity contribution < 1.29 is 12.6 Å². The molecule has 0 saturated carbocycles. The lowest BCUT2D eigenvalue weighted by Gasteiger charge is -2.32. The molecular formula is C14H22N2O3S2. The molecule has 7 heteroatoms. The quantitative estimate of drug-likeness (QED) is 0.838. The van der Waals surface area contributed by atoms with Gasteiger partial charge in [0.2, 0.25) is 10.0 Å². The predicted molar refractivity (Wildman–Crippen MR) is 85.2 cm³/mol. The van der Waals surface area contributed by atoms with E-state index in [0.29, 0.717) is 12.3 Å². The lowest BCUT2D eigenvalue weighted by Crippen LogP contribution is -2.48. The maximum Gasteiger partial charge on any atom is 0.208 e. The molecule has 0 bridgehead atoms. The number of sulfonamides is 1. The molecule has 0 unspecified atom stereocenters. The van der Waals surface area contributed by atoms with E-state index >= 15 is 0 Å². The van der Waals surface area contributed by atoms with Gasteiger partial charge in [-0.2, -0.15) is 0 Å². The molecule has 1 saturated heterocycles. The van der Waals surface area contributed by atoms with E-state index in [0.717, 1.165) is 30.8 Å². The summed E-state index contributed by atoms with van der Waals surface area (Å²) in [7, 11) is -4.15. The highest BCUT2D eigenvalue weighted by molar-refractivity contribution is 7.88. The Morgan fingerprint density at radius 2 is 2.05 bits per heavy atom. The number of likely N-dealkylation sites (tertiary alicyclic amines) is 1. The Bertz CT molecular complexity index is 575. The average Bonchev–Trinajstić information content (AvgIpc) is 2.44. The van der Waals surface area contributed by atoms with Crippen LogP contribution in [0.1, 0.15) is 12.8 Å². The summed E-state index contributed by atoms with van der Waals surface area (Å²) >= 11 is 0. The van der Waals surface area contributed by atoms with Crippen LogP contribution in [0.4, 0.5) is 0 Å². The second kappa shape index (κ2) is 7.49. The number of benzene rings is 1. The first-order valence-corrected chi connectivity index (χ1v) is 10.3. The molecule has 2 atom stereocenters. The van der Waals surface area contributed by atoms with Gasteiger partial charge in [-0.05, 0) is 31.5 Å². The Labute approximate surface area is 129 Å². The van der Waals surface area contributed by atoms with E-state index in [1.54, 1.807) is 0 Å². The molecule has 1 aliphatic rings. The summed E-state index contributed by atoms with van der Waals surface area (Å²) in [5, 5.41) is 0. The molecule has 0 radical (unpaired) electrons. The normalized spacial score (nSPS) is 22.0. The van der Waals surface area contributed by atoms with Gasteiger partial charge in [0, 0.05) is 29.8 Å². The lowest BCUT2D eigenvalue weighted by atomic mass is 10.1. The molecule has 5 nitrogen and oxygen atoms in total. The van der Waals surface area contributed by atoms with Gasteiger partial charge in [0.15, 0.2) is 0 Å². The monoisotopic (exact) mass is 330 g/mol. The van der Waals surface area contributed by atoms with Gasteiger partial charge in [0.1, 0.15) is 0 Å². The van der Waals surface area contributed by atoms with Gasteiger partial charge in [-0.25, -0.2) is 13.1 Å². The van der Waals surface area contributed by atoms with Gasteiger partial charge in [0.05, 0.1) is 17.1 Å². The number of rotatable bonds is 6. The zero-order valence-corrected chi connectivity index (χ0v) is 13.8. The fraction of sp³-hybridized carbons (Fsp3) is 0.571. The molecule has 2 rings (SSSR count). The van der Waals surface area contributed by atoms with Gasteiger partial charge >= 0.3 is 0 Å². The minimum Gasteiger partial charge on any atom is -0.301 e. The van der Waals surface area contributed by atoms with Crippen molar-refractivity contribution in [3.8, 4) is 0 Å². The van der Waals surface area contributed by atoms with Crippen LogP contribution in [0.25, 0.3) is 0 Å². The van der Waals surface area contributed by atoms with Crippen molar-refractivity contribution in [1.82, 2.24) is 9.62 Å². The first kappa shape index (κ1) is 16.6. The van der Waals surface area contributed by atoms with Crippen LogP contribution in [0.5, 0.6) is 0 Å². The van der Waals surface area contributed by atoms with Crippen LogP contribution >= 0.6 is 0 Å². The molecule has 0 spiro atoms. The predicted octanol–water partition coefficient (Wildman–Crippen LogP) is 0.808. The molecule has 1 aliphatic heterocycles. The third-order valence-electron chi connectivity index (χ3n) is 3.49. The van der Waals surface area contributed by atoms with E-state index in [9.17, 15) is 12.6 Å². The van der Waals surface area contributed by atoms with Crippen LogP contribution < -0.4 is 4.72 Å². The molecule has 1 fully saturated rings. The molecular weight excluding hydrogens is 308 g/mol. The average molecular weight is 330 g/mol. The molecule has 1 aromatic rings. The Balaban J connectivity index is 1.82. The Morgan fingerprint density at radius 3 is 2.71 bits per heavy atom. The van der Waals surface area contributed by atoms with Crippen LogP contribution in [-0.4, -0.2) is 55.2 Å². The van der Waals surface area contributed by atoms with Crippen molar-refractivity contribution in [3.63, 3.8) is 0 Å². The zero-order chi connectivity index (χ0) is 15.3. The lowest BCUT2D eigenvalue weighted by molar-refractivity contribution is 0.212. The van der Waals surface area contributed by atoms with Gasteiger partial charge < -0.3 is 4.90 Å². The summed E-state index contributed by atoms with van der Waals surface area (Å²) in [6.45, 7) is 2.36. The zero-order valence-electron chi connectivity index (χ0n) is 12.2. The number of hydrogen-bond donors (Lipinski definition) is 1. The maximum atomic E-state index is 12.2. The minimum absolute atomic E-state index is 0.0288. The Kier molecular flexibility index (Phi) is 5.92.